The van der Waals surface area contributed by atoms with Crippen molar-refractivity contribution in [3.63, 3.8) is 0 Å². The lowest BCUT2D eigenvalue weighted by molar-refractivity contribution is -0.167. The molecule has 0 spiro atoms. The normalized spacial score (nSPS) is 10.8. The summed E-state index contributed by atoms with van der Waals surface area (Å²) in [6.45, 7) is 0.0359. The summed E-state index contributed by atoms with van der Waals surface area (Å²) in [5.74, 6) is -1.80. The summed E-state index contributed by atoms with van der Waals surface area (Å²) in [4.78, 5) is 22.5. The third kappa shape index (κ3) is 6.17. The number of rotatable bonds is 6. The number of halogens is 3. The van der Waals surface area contributed by atoms with E-state index < -0.39 is 12.1 Å². The minimum Gasteiger partial charge on any atom is -0.484 e. The Kier molecular flexibility index (Phi) is 5.99. The largest absolute Gasteiger partial charge is 0.484 e. The Bertz CT molecular complexity index is 716. The maximum Gasteiger partial charge on any atom is 0.471 e. The van der Waals surface area contributed by atoms with Gasteiger partial charge in [0.2, 0.25) is 0 Å². The first-order valence-corrected chi connectivity index (χ1v) is 7.26. The van der Waals surface area contributed by atoms with E-state index in [1.807, 2.05) is 6.07 Å². The van der Waals surface area contributed by atoms with Gasteiger partial charge in [-0.25, -0.2) is 0 Å². The molecule has 0 bridgehead atoms. The van der Waals surface area contributed by atoms with E-state index in [-0.39, 0.29) is 24.7 Å². The summed E-state index contributed by atoms with van der Waals surface area (Å²) in [6.07, 6.45) is -4.94. The Morgan fingerprint density at radius 1 is 0.960 bits per heavy atom. The van der Waals surface area contributed by atoms with Gasteiger partial charge in [0, 0.05) is 12.2 Å². The predicted molar refractivity (Wildman–Crippen MR) is 84.9 cm³/mol. The Morgan fingerprint density at radius 2 is 1.60 bits per heavy atom. The minimum atomic E-state index is -4.94. The first-order valence-electron chi connectivity index (χ1n) is 7.26. The lowest BCUT2D eigenvalue weighted by Crippen LogP contribution is -2.30. The van der Waals surface area contributed by atoms with Gasteiger partial charge in [0.25, 0.3) is 5.91 Å². The number of nitrogens with one attached hydrogen (secondary N) is 2. The SMILES string of the molecule is O=C(COc1ccccc1)NCc1ccc(NC(=O)C(F)(F)F)cc1. The van der Waals surface area contributed by atoms with Gasteiger partial charge in [-0.3, -0.25) is 9.59 Å². The molecule has 0 radical (unpaired) electrons. The second kappa shape index (κ2) is 8.18. The molecular formula is C17H15F3N2O3. The van der Waals surface area contributed by atoms with Crippen LogP contribution < -0.4 is 15.4 Å². The third-order valence-electron chi connectivity index (χ3n) is 3.07. The number of carbonyl (C=O) groups is 2. The topological polar surface area (TPSA) is 67.4 Å². The van der Waals surface area contributed by atoms with Crippen LogP contribution >= 0.6 is 0 Å². The predicted octanol–water partition coefficient (Wildman–Crippen LogP) is 2.88. The highest BCUT2D eigenvalue weighted by atomic mass is 19.4. The van der Waals surface area contributed by atoms with Crippen molar-refractivity contribution in [2.45, 2.75) is 12.7 Å². The van der Waals surface area contributed by atoms with Gasteiger partial charge in [-0.2, -0.15) is 13.2 Å². The standard InChI is InChI=1S/C17H15F3N2O3/c18-17(19,20)16(24)22-13-8-6-12(7-9-13)10-21-15(23)11-25-14-4-2-1-3-5-14/h1-9H,10-11H2,(H,21,23)(H,22,24). The number of anilines is 1. The van der Waals surface area contributed by atoms with Crippen LogP contribution in [0.25, 0.3) is 0 Å². The smallest absolute Gasteiger partial charge is 0.471 e. The van der Waals surface area contributed by atoms with Gasteiger partial charge in [-0.15, -0.1) is 0 Å². The van der Waals surface area contributed by atoms with Crippen molar-refractivity contribution in [1.82, 2.24) is 5.32 Å². The van der Waals surface area contributed by atoms with Crippen molar-refractivity contribution in [2.24, 2.45) is 0 Å². The summed E-state index contributed by atoms with van der Waals surface area (Å²) in [5.41, 5.74) is 0.683. The van der Waals surface area contributed by atoms with Crippen LogP contribution in [0.3, 0.4) is 0 Å². The molecule has 8 heteroatoms. The van der Waals surface area contributed by atoms with E-state index in [1.165, 1.54) is 24.3 Å². The van der Waals surface area contributed by atoms with Crippen LogP contribution in [-0.2, 0) is 16.1 Å². The molecule has 5 nitrogen and oxygen atoms in total. The number of hydrogen-bond donors (Lipinski definition) is 2. The van der Waals surface area contributed by atoms with Crippen LogP contribution in [0.5, 0.6) is 5.75 Å². The van der Waals surface area contributed by atoms with Gasteiger partial charge in [0.05, 0.1) is 0 Å². The zero-order valence-electron chi connectivity index (χ0n) is 13.0. The molecule has 0 unspecified atom stereocenters. The molecule has 25 heavy (non-hydrogen) atoms. The number of para-hydroxylation sites is 1. The molecule has 0 saturated carbocycles. The van der Waals surface area contributed by atoms with E-state index in [1.54, 1.807) is 29.6 Å². The second-order valence-electron chi connectivity index (χ2n) is 5.03. The average Bonchev–Trinajstić information content (AvgIpc) is 2.59. The Labute approximate surface area is 141 Å². The summed E-state index contributed by atoms with van der Waals surface area (Å²) in [5, 5.41) is 4.36. The summed E-state index contributed by atoms with van der Waals surface area (Å²) >= 11 is 0. The molecule has 0 aromatic heterocycles. The van der Waals surface area contributed by atoms with Crippen molar-refractivity contribution in [3.8, 4) is 5.75 Å². The molecule has 132 valence electrons. The molecule has 2 aromatic rings. The van der Waals surface area contributed by atoms with Crippen LogP contribution in [0.2, 0.25) is 0 Å². The molecule has 0 aliphatic heterocycles. The van der Waals surface area contributed by atoms with E-state index in [9.17, 15) is 22.8 Å². The van der Waals surface area contributed by atoms with Crippen LogP contribution in [-0.4, -0.2) is 24.6 Å². The lowest BCUT2D eigenvalue weighted by Gasteiger charge is -2.10. The molecule has 0 aliphatic carbocycles. The van der Waals surface area contributed by atoms with Gasteiger partial charge in [0.15, 0.2) is 6.61 Å². The maximum atomic E-state index is 12.1. The van der Waals surface area contributed by atoms with Gasteiger partial charge < -0.3 is 15.4 Å². The van der Waals surface area contributed by atoms with Crippen LogP contribution in [0.1, 0.15) is 5.56 Å². The van der Waals surface area contributed by atoms with E-state index in [4.69, 9.17) is 4.74 Å². The molecule has 2 amide bonds. The van der Waals surface area contributed by atoms with E-state index in [0.29, 0.717) is 11.3 Å². The highest BCUT2D eigenvalue weighted by Gasteiger charge is 2.38. The van der Waals surface area contributed by atoms with Gasteiger partial charge in [0.1, 0.15) is 5.75 Å². The zero-order chi connectivity index (χ0) is 18.3. The first-order chi connectivity index (χ1) is 11.8. The molecule has 2 rings (SSSR count). The highest BCUT2D eigenvalue weighted by molar-refractivity contribution is 5.94. The number of carbonyl (C=O) groups excluding carboxylic acids is 2. The molecular weight excluding hydrogens is 337 g/mol. The summed E-state index contributed by atoms with van der Waals surface area (Å²) in [6, 6.07) is 14.5. The molecule has 0 heterocycles. The second-order valence-corrected chi connectivity index (χ2v) is 5.03. The zero-order valence-corrected chi connectivity index (χ0v) is 13.0. The van der Waals surface area contributed by atoms with Gasteiger partial charge >= 0.3 is 12.1 Å². The van der Waals surface area contributed by atoms with Crippen molar-refractivity contribution in [3.05, 3.63) is 60.2 Å². The Hall–Kier alpha value is -3.03. The van der Waals surface area contributed by atoms with E-state index in [0.717, 1.165) is 0 Å². The van der Waals surface area contributed by atoms with Crippen LogP contribution in [0, 0.1) is 0 Å². The molecule has 2 N–H and O–H groups in total. The Morgan fingerprint density at radius 3 is 2.20 bits per heavy atom. The maximum absolute atomic E-state index is 12.1. The highest BCUT2D eigenvalue weighted by Crippen LogP contribution is 2.18. The molecule has 0 aliphatic rings. The minimum absolute atomic E-state index is 0.0183. The van der Waals surface area contributed by atoms with Crippen molar-refractivity contribution in [2.75, 3.05) is 11.9 Å². The monoisotopic (exact) mass is 352 g/mol. The fourth-order valence-corrected chi connectivity index (χ4v) is 1.83. The van der Waals surface area contributed by atoms with Crippen molar-refractivity contribution >= 4 is 17.5 Å². The fourth-order valence-electron chi connectivity index (χ4n) is 1.83. The fraction of sp³-hybridized carbons (Fsp3) is 0.176. The number of alkyl halides is 3. The summed E-state index contributed by atoms with van der Waals surface area (Å²) in [7, 11) is 0. The number of hydrogen-bond acceptors (Lipinski definition) is 3. The van der Waals surface area contributed by atoms with Crippen molar-refractivity contribution < 1.29 is 27.5 Å². The first kappa shape index (κ1) is 18.3. The van der Waals surface area contributed by atoms with Crippen LogP contribution in [0.15, 0.2) is 54.6 Å². The molecule has 2 aromatic carbocycles. The molecule has 0 atom stereocenters. The Balaban J connectivity index is 1.77. The number of amides is 2. The average molecular weight is 352 g/mol. The van der Waals surface area contributed by atoms with E-state index >= 15 is 0 Å². The quantitative estimate of drug-likeness (QED) is 0.840. The molecule has 0 fully saturated rings. The summed E-state index contributed by atoms with van der Waals surface area (Å²) < 4.78 is 41.7. The van der Waals surface area contributed by atoms with Crippen LogP contribution in [0.4, 0.5) is 18.9 Å². The van der Waals surface area contributed by atoms with Gasteiger partial charge in [-0.05, 0) is 29.8 Å². The van der Waals surface area contributed by atoms with E-state index in [2.05, 4.69) is 5.32 Å². The number of benzene rings is 2. The molecule has 0 saturated heterocycles. The number of ether oxygens (including phenoxy) is 1. The van der Waals surface area contributed by atoms with Crippen molar-refractivity contribution in [1.29, 1.82) is 0 Å². The van der Waals surface area contributed by atoms with Gasteiger partial charge in [-0.1, -0.05) is 30.3 Å². The lowest BCUT2D eigenvalue weighted by atomic mass is 10.2. The third-order valence-corrected chi connectivity index (χ3v) is 3.07.